The summed E-state index contributed by atoms with van der Waals surface area (Å²) in [4.78, 5) is 13.6. The highest BCUT2D eigenvalue weighted by atomic mass is 32.2. The maximum Gasteiger partial charge on any atom is 0.222 e. The maximum absolute atomic E-state index is 11.8. The lowest BCUT2D eigenvalue weighted by molar-refractivity contribution is -0.130. The third-order valence-electron chi connectivity index (χ3n) is 2.75. The number of hydrogen-bond donors (Lipinski definition) is 1. The molecule has 1 heterocycles. The number of hydrogen-bond acceptors (Lipinski definition) is 5. The first kappa shape index (κ1) is 14.8. The van der Waals surface area contributed by atoms with Crippen molar-refractivity contribution >= 4 is 23.6 Å². The molecule has 0 saturated heterocycles. The van der Waals surface area contributed by atoms with E-state index in [9.17, 15) is 4.79 Å². The summed E-state index contributed by atoms with van der Waals surface area (Å²) in [6.07, 6.45) is 1.43. The third-order valence-corrected chi connectivity index (χ3v) is 3.86. The minimum Gasteiger partial charge on any atom is -0.368 e. The maximum atomic E-state index is 11.8. The monoisotopic (exact) mass is 271 g/mol. The average molecular weight is 271 g/mol. The Morgan fingerprint density at radius 3 is 2.56 bits per heavy atom. The van der Waals surface area contributed by atoms with Gasteiger partial charge >= 0.3 is 0 Å². The van der Waals surface area contributed by atoms with Crippen molar-refractivity contribution in [2.75, 3.05) is 24.6 Å². The third kappa shape index (κ3) is 3.90. The van der Waals surface area contributed by atoms with E-state index in [-0.39, 0.29) is 5.91 Å². The molecule has 1 aromatic heterocycles. The molecule has 0 saturated carbocycles. The van der Waals surface area contributed by atoms with E-state index in [0.717, 1.165) is 30.4 Å². The summed E-state index contributed by atoms with van der Waals surface area (Å²) < 4.78 is 1.75. The molecule has 0 aliphatic rings. The van der Waals surface area contributed by atoms with Crippen molar-refractivity contribution in [3.05, 3.63) is 0 Å². The molecule has 18 heavy (non-hydrogen) atoms. The number of rotatable bonds is 7. The largest absolute Gasteiger partial charge is 0.368 e. The van der Waals surface area contributed by atoms with Gasteiger partial charge in [-0.1, -0.05) is 11.8 Å². The Hall–Kier alpha value is -1.24. The standard InChI is InChI=1S/C11H21N5OS/c1-4-16(5-2)9(17)7-6-8-18-11-14-13-10(12)15(11)3/h4-8H2,1-3H3,(H2,12,13). The summed E-state index contributed by atoms with van der Waals surface area (Å²) in [5, 5.41) is 8.53. The zero-order valence-corrected chi connectivity index (χ0v) is 12.0. The fourth-order valence-electron chi connectivity index (χ4n) is 1.57. The fraction of sp³-hybridized carbons (Fsp3) is 0.727. The van der Waals surface area contributed by atoms with E-state index >= 15 is 0 Å². The molecule has 0 radical (unpaired) electrons. The van der Waals surface area contributed by atoms with Crippen molar-refractivity contribution in [3.63, 3.8) is 0 Å². The van der Waals surface area contributed by atoms with Gasteiger partial charge in [-0.05, 0) is 20.3 Å². The molecule has 6 nitrogen and oxygen atoms in total. The Morgan fingerprint density at radius 2 is 2.06 bits per heavy atom. The van der Waals surface area contributed by atoms with Crippen LogP contribution in [0.15, 0.2) is 5.16 Å². The number of aromatic nitrogens is 3. The average Bonchev–Trinajstić information content (AvgIpc) is 2.67. The quantitative estimate of drug-likeness (QED) is 0.594. The molecule has 1 amide bonds. The predicted octanol–water partition coefficient (Wildman–Crippen LogP) is 1.14. The van der Waals surface area contributed by atoms with Gasteiger partial charge in [0, 0.05) is 32.3 Å². The van der Waals surface area contributed by atoms with Gasteiger partial charge in [0.05, 0.1) is 0 Å². The van der Waals surface area contributed by atoms with Gasteiger partial charge in [-0.3, -0.25) is 9.36 Å². The molecule has 2 N–H and O–H groups in total. The molecule has 0 spiro atoms. The Balaban J connectivity index is 2.27. The molecule has 1 aromatic rings. The summed E-state index contributed by atoms with van der Waals surface area (Å²) in [5.74, 6) is 1.48. The second kappa shape index (κ2) is 7.25. The van der Waals surface area contributed by atoms with Crippen LogP contribution in [-0.2, 0) is 11.8 Å². The molecule has 0 fully saturated rings. The number of thioether (sulfide) groups is 1. The van der Waals surface area contributed by atoms with Crippen LogP contribution in [-0.4, -0.2) is 44.4 Å². The summed E-state index contributed by atoms with van der Waals surface area (Å²) in [6.45, 7) is 5.56. The zero-order chi connectivity index (χ0) is 13.5. The van der Waals surface area contributed by atoms with Crippen LogP contribution in [0.3, 0.4) is 0 Å². The lowest BCUT2D eigenvalue weighted by Crippen LogP contribution is -2.30. The zero-order valence-electron chi connectivity index (χ0n) is 11.2. The number of nitrogens with two attached hydrogens (primary N) is 1. The summed E-state index contributed by atoms with van der Waals surface area (Å²) in [6, 6.07) is 0. The van der Waals surface area contributed by atoms with E-state index in [1.54, 1.807) is 16.3 Å². The smallest absolute Gasteiger partial charge is 0.222 e. The fourth-order valence-corrected chi connectivity index (χ4v) is 2.43. The number of anilines is 1. The van der Waals surface area contributed by atoms with Crippen LogP contribution in [0, 0.1) is 0 Å². The van der Waals surface area contributed by atoms with E-state index in [2.05, 4.69) is 10.2 Å². The molecular formula is C11H21N5OS. The highest BCUT2D eigenvalue weighted by Gasteiger charge is 2.10. The molecular weight excluding hydrogens is 250 g/mol. The van der Waals surface area contributed by atoms with Crippen LogP contribution in [0.1, 0.15) is 26.7 Å². The lowest BCUT2D eigenvalue weighted by Gasteiger charge is -2.18. The minimum atomic E-state index is 0.220. The van der Waals surface area contributed by atoms with Crippen LogP contribution < -0.4 is 5.73 Å². The Kier molecular flexibility index (Phi) is 5.97. The van der Waals surface area contributed by atoms with Crippen molar-refractivity contribution in [1.82, 2.24) is 19.7 Å². The number of carbonyl (C=O) groups is 1. The van der Waals surface area contributed by atoms with E-state index in [4.69, 9.17) is 5.73 Å². The SMILES string of the molecule is CCN(CC)C(=O)CCCSc1nnc(N)n1C. The van der Waals surface area contributed by atoms with Crippen LogP contribution in [0.4, 0.5) is 5.95 Å². The van der Waals surface area contributed by atoms with Crippen molar-refractivity contribution < 1.29 is 4.79 Å². The van der Waals surface area contributed by atoms with Gasteiger partial charge in [-0.25, -0.2) is 0 Å². The van der Waals surface area contributed by atoms with E-state index in [0.29, 0.717) is 12.4 Å². The first-order valence-electron chi connectivity index (χ1n) is 6.15. The number of nitrogen functional groups attached to an aromatic ring is 1. The lowest BCUT2D eigenvalue weighted by atomic mass is 10.3. The minimum absolute atomic E-state index is 0.220. The van der Waals surface area contributed by atoms with Crippen molar-refractivity contribution in [2.24, 2.45) is 7.05 Å². The second-order valence-corrected chi connectivity index (χ2v) is 4.98. The molecule has 1 rings (SSSR count). The van der Waals surface area contributed by atoms with Gasteiger partial charge in [-0.15, -0.1) is 10.2 Å². The van der Waals surface area contributed by atoms with Crippen LogP contribution >= 0.6 is 11.8 Å². The molecule has 0 aliphatic heterocycles. The molecule has 0 aliphatic carbocycles. The van der Waals surface area contributed by atoms with Crippen LogP contribution in [0.5, 0.6) is 0 Å². The molecule has 0 atom stereocenters. The van der Waals surface area contributed by atoms with Crippen molar-refractivity contribution in [2.45, 2.75) is 31.8 Å². The Labute approximate surface area is 112 Å². The number of nitrogens with zero attached hydrogens (tertiary/aromatic N) is 4. The predicted molar refractivity (Wildman–Crippen MR) is 73.3 cm³/mol. The number of carbonyl (C=O) groups excluding carboxylic acids is 1. The summed E-state index contributed by atoms with van der Waals surface area (Å²) >= 11 is 1.58. The molecule has 0 aromatic carbocycles. The van der Waals surface area contributed by atoms with E-state index < -0.39 is 0 Å². The summed E-state index contributed by atoms with van der Waals surface area (Å²) in [7, 11) is 1.83. The van der Waals surface area contributed by atoms with Gasteiger partial charge < -0.3 is 10.6 Å². The van der Waals surface area contributed by atoms with Gasteiger partial charge in [0.1, 0.15) is 0 Å². The Morgan fingerprint density at radius 1 is 1.39 bits per heavy atom. The molecule has 7 heteroatoms. The first-order valence-corrected chi connectivity index (χ1v) is 7.14. The van der Waals surface area contributed by atoms with Crippen LogP contribution in [0.25, 0.3) is 0 Å². The molecule has 0 bridgehead atoms. The van der Waals surface area contributed by atoms with Gasteiger partial charge in [0.25, 0.3) is 0 Å². The summed E-state index contributed by atoms with van der Waals surface area (Å²) in [5.41, 5.74) is 5.58. The van der Waals surface area contributed by atoms with E-state index in [1.807, 2.05) is 25.8 Å². The number of amides is 1. The normalized spacial score (nSPS) is 10.6. The van der Waals surface area contributed by atoms with Gasteiger partial charge in [0.2, 0.25) is 11.9 Å². The van der Waals surface area contributed by atoms with Crippen molar-refractivity contribution in [3.8, 4) is 0 Å². The molecule has 102 valence electrons. The Bertz CT molecular complexity index is 389. The van der Waals surface area contributed by atoms with Gasteiger partial charge in [-0.2, -0.15) is 0 Å². The van der Waals surface area contributed by atoms with Gasteiger partial charge in [0.15, 0.2) is 5.16 Å². The topological polar surface area (TPSA) is 77.0 Å². The first-order chi connectivity index (χ1) is 8.60. The highest BCUT2D eigenvalue weighted by Crippen LogP contribution is 2.17. The van der Waals surface area contributed by atoms with E-state index in [1.165, 1.54) is 0 Å². The van der Waals surface area contributed by atoms with Crippen LogP contribution in [0.2, 0.25) is 0 Å². The molecule has 0 unspecified atom stereocenters. The highest BCUT2D eigenvalue weighted by molar-refractivity contribution is 7.99. The second-order valence-electron chi connectivity index (χ2n) is 3.92. The van der Waals surface area contributed by atoms with Crippen molar-refractivity contribution in [1.29, 1.82) is 0 Å².